The van der Waals surface area contributed by atoms with E-state index in [-0.39, 0.29) is 5.95 Å². The molecule has 1 aromatic carbocycles. The largest absolute Gasteiger partial charge is 0.326 e. The molecule has 0 bridgehead atoms. The molecule has 0 spiro atoms. The van der Waals surface area contributed by atoms with Crippen molar-refractivity contribution in [2.24, 2.45) is 0 Å². The third kappa shape index (κ3) is 2.94. The molecular weight excluding hydrogens is 242 g/mol. The van der Waals surface area contributed by atoms with Crippen LogP contribution in [-0.4, -0.2) is 21.2 Å². The van der Waals surface area contributed by atoms with Crippen molar-refractivity contribution in [2.45, 2.75) is 6.92 Å². The molecule has 88 valence electrons. The predicted molar refractivity (Wildman–Crippen MR) is 65.2 cm³/mol. The highest BCUT2D eigenvalue weighted by atomic mass is 35.5. The van der Waals surface area contributed by atoms with E-state index in [1.807, 2.05) is 13.0 Å². The van der Waals surface area contributed by atoms with Gasteiger partial charge in [-0.1, -0.05) is 17.7 Å². The van der Waals surface area contributed by atoms with Crippen LogP contribution in [0.25, 0.3) is 0 Å². The van der Waals surface area contributed by atoms with Crippen molar-refractivity contribution in [1.82, 2.24) is 15.2 Å². The third-order valence-corrected chi connectivity index (χ3v) is 2.48. The first-order valence-corrected chi connectivity index (χ1v) is 5.22. The SMILES string of the molecule is Cc1ccc(NC(=O)Nc2ncn[nH]2)cc1Cl. The van der Waals surface area contributed by atoms with Crippen molar-refractivity contribution in [3.8, 4) is 0 Å². The molecule has 0 fully saturated rings. The van der Waals surface area contributed by atoms with Crippen LogP contribution < -0.4 is 10.6 Å². The second-order valence-corrected chi connectivity index (χ2v) is 3.78. The average Bonchev–Trinajstić information content (AvgIpc) is 2.76. The van der Waals surface area contributed by atoms with Crippen molar-refractivity contribution in [3.05, 3.63) is 35.1 Å². The van der Waals surface area contributed by atoms with Gasteiger partial charge in [0.15, 0.2) is 0 Å². The van der Waals surface area contributed by atoms with Gasteiger partial charge in [0.1, 0.15) is 6.33 Å². The molecule has 2 aromatic rings. The Bertz CT molecular complexity index is 525. The summed E-state index contributed by atoms with van der Waals surface area (Å²) in [7, 11) is 0. The fourth-order valence-electron chi connectivity index (χ4n) is 1.21. The lowest BCUT2D eigenvalue weighted by Gasteiger charge is -2.06. The summed E-state index contributed by atoms with van der Waals surface area (Å²) in [5.74, 6) is 0.278. The summed E-state index contributed by atoms with van der Waals surface area (Å²) >= 11 is 5.94. The minimum atomic E-state index is -0.415. The number of carbonyl (C=O) groups is 1. The number of carbonyl (C=O) groups excluding carboxylic acids is 1. The van der Waals surface area contributed by atoms with Crippen molar-refractivity contribution < 1.29 is 4.79 Å². The molecule has 1 heterocycles. The van der Waals surface area contributed by atoms with Gasteiger partial charge in [0.25, 0.3) is 0 Å². The Morgan fingerprint density at radius 3 is 2.88 bits per heavy atom. The van der Waals surface area contributed by atoms with Gasteiger partial charge in [-0.15, -0.1) is 0 Å². The van der Waals surface area contributed by atoms with Gasteiger partial charge in [0, 0.05) is 10.7 Å². The number of hydrogen-bond acceptors (Lipinski definition) is 3. The third-order valence-electron chi connectivity index (χ3n) is 2.08. The Morgan fingerprint density at radius 2 is 2.24 bits per heavy atom. The van der Waals surface area contributed by atoms with Gasteiger partial charge in [-0.25, -0.2) is 9.89 Å². The summed E-state index contributed by atoms with van der Waals surface area (Å²) in [5.41, 5.74) is 1.56. The molecule has 0 unspecified atom stereocenters. The number of nitrogens with zero attached hydrogens (tertiary/aromatic N) is 2. The highest BCUT2D eigenvalue weighted by molar-refractivity contribution is 6.31. The second kappa shape index (κ2) is 4.84. The van der Waals surface area contributed by atoms with Gasteiger partial charge in [0.2, 0.25) is 5.95 Å². The van der Waals surface area contributed by atoms with Crippen LogP contribution in [0.5, 0.6) is 0 Å². The van der Waals surface area contributed by atoms with Crippen LogP contribution >= 0.6 is 11.6 Å². The first kappa shape index (κ1) is 11.4. The van der Waals surface area contributed by atoms with Crippen molar-refractivity contribution >= 4 is 29.3 Å². The van der Waals surface area contributed by atoms with Crippen LogP contribution in [-0.2, 0) is 0 Å². The van der Waals surface area contributed by atoms with E-state index >= 15 is 0 Å². The Morgan fingerprint density at radius 1 is 1.41 bits per heavy atom. The van der Waals surface area contributed by atoms with E-state index in [0.29, 0.717) is 10.7 Å². The number of benzene rings is 1. The molecule has 0 aliphatic rings. The number of amides is 2. The fraction of sp³-hybridized carbons (Fsp3) is 0.100. The van der Waals surface area contributed by atoms with Crippen LogP contribution in [0.2, 0.25) is 5.02 Å². The number of aryl methyl sites for hydroxylation is 1. The minimum absolute atomic E-state index is 0.278. The molecule has 0 saturated carbocycles. The summed E-state index contributed by atoms with van der Waals surface area (Å²) in [6.45, 7) is 1.89. The Hall–Kier alpha value is -2.08. The first-order chi connectivity index (χ1) is 8.15. The van der Waals surface area contributed by atoms with Crippen molar-refractivity contribution in [2.75, 3.05) is 10.6 Å². The number of aromatic amines is 1. The van der Waals surface area contributed by atoms with Crippen molar-refractivity contribution in [1.29, 1.82) is 0 Å². The molecule has 0 saturated heterocycles. The van der Waals surface area contributed by atoms with Crippen LogP contribution in [0.4, 0.5) is 16.4 Å². The Labute approximate surface area is 102 Å². The summed E-state index contributed by atoms with van der Waals surface area (Å²) in [6, 6.07) is 4.85. The first-order valence-electron chi connectivity index (χ1n) is 4.84. The quantitative estimate of drug-likeness (QED) is 0.766. The lowest BCUT2D eigenvalue weighted by Crippen LogP contribution is -2.20. The molecule has 0 aliphatic heterocycles. The maximum Gasteiger partial charge on any atom is 0.326 e. The number of halogens is 1. The smallest absolute Gasteiger partial charge is 0.308 e. The number of aromatic nitrogens is 3. The monoisotopic (exact) mass is 251 g/mol. The van der Waals surface area contributed by atoms with E-state index < -0.39 is 6.03 Å². The van der Waals surface area contributed by atoms with E-state index in [0.717, 1.165) is 5.56 Å². The molecule has 0 atom stereocenters. The number of anilines is 2. The summed E-state index contributed by atoms with van der Waals surface area (Å²) in [5, 5.41) is 11.8. The summed E-state index contributed by atoms with van der Waals surface area (Å²) in [6.07, 6.45) is 1.30. The normalized spacial score (nSPS) is 10.0. The molecule has 1 aromatic heterocycles. The zero-order valence-corrected chi connectivity index (χ0v) is 9.75. The van der Waals surface area contributed by atoms with E-state index in [9.17, 15) is 4.79 Å². The predicted octanol–water partition coefficient (Wildman–Crippen LogP) is 2.41. The summed E-state index contributed by atoms with van der Waals surface area (Å²) < 4.78 is 0. The molecule has 6 nitrogen and oxygen atoms in total. The molecule has 3 N–H and O–H groups in total. The zero-order valence-electron chi connectivity index (χ0n) is 8.99. The van der Waals surface area contributed by atoms with E-state index in [1.165, 1.54) is 6.33 Å². The van der Waals surface area contributed by atoms with E-state index in [1.54, 1.807) is 12.1 Å². The Balaban J connectivity index is 2.00. The number of hydrogen-bond donors (Lipinski definition) is 3. The minimum Gasteiger partial charge on any atom is -0.308 e. The number of H-pyrrole nitrogens is 1. The van der Waals surface area contributed by atoms with Crippen molar-refractivity contribution in [3.63, 3.8) is 0 Å². The molecule has 7 heteroatoms. The molecular formula is C10H10ClN5O. The van der Waals surface area contributed by atoms with E-state index in [4.69, 9.17) is 11.6 Å². The highest BCUT2D eigenvalue weighted by Gasteiger charge is 2.05. The topological polar surface area (TPSA) is 82.7 Å². The number of nitrogens with one attached hydrogen (secondary N) is 3. The maximum atomic E-state index is 11.5. The van der Waals surface area contributed by atoms with E-state index in [2.05, 4.69) is 25.8 Å². The maximum absolute atomic E-state index is 11.5. The second-order valence-electron chi connectivity index (χ2n) is 3.38. The molecule has 0 radical (unpaired) electrons. The fourth-order valence-corrected chi connectivity index (χ4v) is 1.39. The zero-order chi connectivity index (χ0) is 12.3. The Kier molecular flexibility index (Phi) is 3.24. The number of rotatable bonds is 2. The van der Waals surface area contributed by atoms with Crippen LogP contribution in [0, 0.1) is 6.92 Å². The lowest BCUT2D eigenvalue weighted by molar-refractivity contribution is 0.262. The van der Waals surface area contributed by atoms with Gasteiger partial charge in [-0.3, -0.25) is 5.32 Å². The van der Waals surface area contributed by atoms with Gasteiger partial charge < -0.3 is 5.32 Å². The highest BCUT2D eigenvalue weighted by Crippen LogP contribution is 2.19. The van der Waals surface area contributed by atoms with Crippen LogP contribution in [0.3, 0.4) is 0 Å². The number of urea groups is 1. The molecule has 2 amide bonds. The lowest BCUT2D eigenvalue weighted by atomic mass is 10.2. The van der Waals surface area contributed by atoms with Gasteiger partial charge in [-0.05, 0) is 24.6 Å². The van der Waals surface area contributed by atoms with Crippen LogP contribution in [0.1, 0.15) is 5.56 Å². The van der Waals surface area contributed by atoms with Gasteiger partial charge >= 0.3 is 6.03 Å². The van der Waals surface area contributed by atoms with Gasteiger partial charge in [0.05, 0.1) is 0 Å². The average molecular weight is 252 g/mol. The molecule has 2 rings (SSSR count). The standard InChI is InChI=1S/C10H10ClN5O/c1-6-2-3-7(4-8(6)11)14-10(17)15-9-12-5-13-16-9/h2-5H,1H3,(H3,12,13,14,15,16,17). The molecule has 17 heavy (non-hydrogen) atoms. The summed E-state index contributed by atoms with van der Waals surface area (Å²) in [4.78, 5) is 15.3. The van der Waals surface area contributed by atoms with Crippen LogP contribution in [0.15, 0.2) is 24.5 Å². The van der Waals surface area contributed by atoms with Gasteiger partial charge in [-0.2, -0.15) is 10.1 Å². The molecule has 0 aliphatic carbocycles.